The Morgan fingerprint density at radius 1 is 1.11 bits per heavy atom. The fraction of sp³-hybridized carbons (Fsp3) is 0.250. The predicted molar refractivity (Wildman–Crippen MR) is 140 cm³/mol. The first-order valence-corrected chi connectivity index (χ1v) is 11.7. The van der Waals surface area contributed by atoms with E-state index in [0.29, 0.717) is 30.3 Å². The fourth-order valence-corrected chi connectivity index (χ4v) is 4.30. The summed E-state index contributed by atoms with van der Waals surface area (Å²) in [5.74, 6) is 0.102. The molecular formula is C28H30N4O3. The second-order valence-corrected chi connectivity index (χ2v) is 9.18. The quantitative estimate of drug-likeness (QED) is 0.442. The lowest BCUT2D eigenvalue weighted by Gasteiger charge is -2.39. The molecule has 1 fully saturated rings. The number of pyridine rings is 1. The third-order valence-corrected chi connectivity index (χ3v) is 6.24. The Morgan fingerprint density at radius 3 is 2.57 bits per heavy atom. The van der Waals surface area contributed by atoms with E-state index in [2.05, 4.69) is 42.1 Å². The van der Waals surface area contributed by atoms with Crippen molar-refractivity contribution in [2.45, 2.75) is 32.7 Å². The van der Waals surface area contributed by atoms with Crippen LogP contribution in [0.5, 0.6) is 0 Å². The minimum absolute atomic E-state index is 0.00194. The van der Waals surface area contributed by atoms with Crippen LogP contribution in [-0.2, 0) is 4.79 Å². The largest absolute Gasteiger partial charge is 0.374 e. The molecule has 7 nitrogen and oxygen atoms in total. The number of benzene rings is 2. The highest BCUT2D eigenvalue weighted by atomic mass is 16.2. The molecule has 3 aromatic rings. The maximum atomic E-state index is 12.9. The number of hydrogen-bond donors (Lipinski definition) is 3. The summed E-state index contributed by atoms with van der Waals surface area (Å²) in [7, 11) is 0. The number of aromatic amines is 1. The van der Waals surface area contributed by atoms with Crippen LogP contribution in [0.3, 0.4) is 0 Å². The second kappa shape index (κ2) is 10.0. The minimum atomic E-state index is -0.239. The Kier molecular flexibility index (Phi) is 6.87. The van der Waals surface area contributed by atoms with E-state index in [4.69, 9.17) is 0 Å². The van der Waals surface area contributed by atoms with Crippen molar-refractivity contribution in [2.24, 2.45) is 0 Å². The van der Waals surface area contributed by atoms with Gasteiger partial charge in [0.05, 0.1) is 6.04 Å². The predicted octanol–water partition coefficient (Wildman–Crippen LogP) is 4.53. The summed E-state index contributed by atoms with van der Waals surface area (Å²) in [4.78, 5) is 41.3. The number of carbonyl (C=O) groups is 2. The van der Waals surface area contributed by atoms with Crippen molar-refractivity contribution in [3.05, 3.63) is 94.4 Å². The number of rotatable bonds is 7. The van der Waals surface area contributed by atoms with Crippen molar-refractivity contribution in [2.75, 3.05) is 23.7 Å². The number of likely N-dealkylation sites (tertiary alicyclic amines) is 1. The Hall–Kier alpha value is -4.13. The van der Waals surface area contributed by atoms with Gasteiger partial charge in [0.2, 0.25) is 5.91 Å². The number of H-pyrrole nitrogens is 1. The summed E-state index contributed by atoms with van der Waals surface area (Å²) in [6.45, 7) is 10.9. The molecule has 35 heavy (non-hydrogen) atoms. The highest BCUT2D eigenvalue weighted by Crippen LogP contribution is 2.25. The Bertz CT molecular complexity index is 1340. The van der Waals surface area contributed by atoms with E-state index in [1.165, 1.54) is 11.6 Å². The first-order chi connectivity index (χ1) is 16.7. The molecule has 1 aliphatic rings. The lowest BCUT2D eigenvalue weighted by Crippen LogP contribution is -2.56. The molecule has 0 unspecified atom stereocenters. The number of carbonyl (C=O) groups excluding carboxylic acids is 2. The molecule has 180 valence electrons. The third-order valence-electron chi connectivity index (χ3n) is 6.24. The van der Waals surface area contributed by atoms with Crippen LogP contribution < -0.4 is 16.2 Å². The average Bonchev–Trinajstić information content (AvgIpc) is 2.81. The molecule has 1 aromatic heterocycles. The van der Waals surface area contributed by atoms with Crippen molar-refractivity contribution >= 4 is 23.2 Å². The van der Waals surface area contributed by atoms with Gasteiger partial charge in [0.15, 0.2) is 0 Å². The molecule has 0 bridgehead atoms. The monoisotopic (exact) mass is 470 g/mol. The lowest BCUT2D eigenvalue weighted by atomic mass is 9.97. The van der Waals surface area contributed by atoms with Gasteiger partial charge in [-0.15, -0.1) is 0 Å². The zero-order valence-electron chi connectivity index (χ0n) is 20.2. The molecule has 1 aliphatic heterocycles. The summed E-state index contributed by atoms with van der Waals surface area (Å²) in [5.41, 5.74) is 5.44. The number of aromatic nitrogens is 1. The van der Waals surface area contributed by atoms with Gasteiger partial charge < -0.3 is 20.5 Å². The van der Waals surface area contributed by atoms with Gasteiger partial charge >= 0.3 is 0 Å². The Morgan fingerprint density at radius 2 is 1.89 bits per heavy atom. The maximum Gasteiger partial charge on any atom is 0.271 e. The van der Waals surface area contributed by atoms with Gasteiger partial charge in [0, 0.05) is 36.1 Å². The maximum absolute atomic E-state index is 12.9. The summed E-state index contributed by atoms with van der Waals surface area (Å²) in [6, 6.07) is 15.0. The van der Waals surface area contributed by atoms with Crippen molar-refractivity contribution in [1.82, 2.24) is 9.88 Å². The number of hydrogen-bond acceptors (Lipinski definition) is 4. The van der Waals surface area contributed by atoms with E-state index >= 15 is 0 Å². The highest BCUT2D eigenvalue weighted by Gasteiger charge is 2.29. The van der Waals surface area contributed by atoms with Crippen molar-refractivity contribution in [1.29, 1.82) is 0 Å². The van der Waals surface area contributed by atoms with E-state index < -0.39 is 0 Å². The van der Waals surface area contributed by atoms with E-state index in [0.717, 1.165) is 22.4 Å². The molecule has 3 N–H and O–H groups in total. The Labute approximate surface area is 204 Å². The van der Waals surface area contributed by atoms with Crippen LogP contribution in [0.25, 0.3) is 11.1 Å². The normalized spacial score (nSPS) is 13.3. The van der Waals surface area contributed by atoms with Gasteiger partial charge in [-0.2, -0.15) is 0 Å². The van der Waals surface area contributed by atoms with Crippen LogP contribution in [0.4, 0.5) is 11.4 Å². The smallest absolute Gasteiger partial charge is 0.271 e. The molecule has 0 radical (unpaired) electrons. The molecule has 1 saturated heterocycles. The number of aryl methyl sites for hydroxylation is 1. The Balaban J connectivity index is 1.49. The number of nitrogens with one attached hydrogen (secondary N) is 3. The van der Waals surface area contributed by atoms with Crippen LogP contribution >= 0.6 is 0 Å². The molecular weight excluding hydrogens is 440 g/mol. The lowest BCUT2D eigenvalue weighted by molar-refractivity contribution is -0.129. The molecule has 4 rings (SSSR count). The fourth-order valence-electron chi connectivity index (χ4n) is 4.30. The van der Waals surface area contributed by atoms with Gasteiger partial charge in [0.25, 0.3) is 11.5 Å². The van der Waals surface area contributed by atoms with E-state index in [-0.39, 0.29) is 23.4 Å². The average molecular weight is 471 g/mol. The van der Waals surface area contributed by atoms with Crippen LogP contribution in [0, 0.1) is 6.92 Å². The topological polar surface area (TPSA) is 94.3 Å². The third kappa shape index (κ3) is 5.35. The van der Waals surface area contributed by atoms with Crippen LogP contribution in [0.2, 0.25) is 0 Å². The van der Waals surface area contributed by atoms with Crippen molar-refractivity contribution in [3.63, 3.8) is 0 Å². The molecule has 0 atom stereocenters. The molecule has 7 heteroatoms. The van der Waals surface area contributed by atoms with Crippen LogP contribution in [0.15, 0.2) is 72.2 Å². The van der Waals surface area contributed by atoms with Gasteiger partial charge in [0.1, 0.15) is 5.69 Å². The number of nitrogens with zero attached hydrogens (tertiary/aromatic N) is 1. The van der Waals surface area contributed by atoms with Gasteiger partial charge in [-0.3, -0.25) is 14.4 Å². The number of anilines is 2. The molecule has 0 aliphatic carbocycles. The standard InChI is InChI=1S/C28H30N4O3/c1-5-26(33)32-15-23(16-32)30-25-13-21(14-29-28(25)35)19-7-6-8-20(12-19)27(34)31-22-9-10-24(17(2)3)18(4)11-22/h5-14,17,23,30H,1,15-16H2,2-4H3,(H,29,35)(H,31,34). The zero-order valence-corrected chi connectivity index (χ0v) is 20.2. The van der Waals surface area contributed by atoms with E-state index in [9.17, 15) is 14.4 Å². The molecule has 2 heterocycles. The molecule has 2 amide bonds. The SMILES string of the molecule is C=CC(=O)N1CC(Nc2cc(-c3cccc(C(=O)Nc4ccc(C(C)C)c(C)c4)c3)c[nH]c2=O)C1. The van der Waals surface area contributed by atoms with Crippen LogP contribution in [0.1, 0.15) is 41.3 Å². The first kappa shape index (κ1) is 24.0. The zero-order chi connectivity index (χ0) is 25.1. The highest BCUT2D eigenvalue weighted by molar-refractivity contribution is 6.05. The number of amides is 2. The minimum Gasteiger partial charge on any atom is -0.374 e. The summed E-state index contributed by atoms with van der Waals surface area (Å²) in [6.07, 6.45) is 2.92. The summed E-state index contributed by atoms with van der Waals surface area (Å²) in [5, 5.41) is 6.18. The van der Waals surface area contributed by atoms with Gasteiger partial charge in [-0.05, 0) is 65.9 Å². The van der Waals surface area contributed by atoms with Crippen molar-refractivity contribution in [3.8, 4) is 11.1 Å². The van der Waals surface area contributed by atoms with E-state index in [1.807, 2.05) is 31.2 Å². The van der Waals surface area contributed by atoms with Gasteiger partial charge in [-0.1, -0.05) is 38.6 Å². The van der Waals surface area contributed by atoms with Gasteiger partial charge in [-0.25, -0.2) is 0 Å². The molecule has 2 aromatic carbocycles. The van der Waals surface area contributed by atoms with Crippen molar-refractivity contribution < 1.29 is 9.59 Å². The first-order valence-electron chi connectivity index (χ1n) is 11.7. The molecule has 0 spiro atoms. The second-order valence-electron chi connectivity index (χ2n) is 9.18. The van der Waals surface area contributed by atoms with E-state index in [1.54, 1.807) is 29.3 Å². The van der Waals surface area contributed by atoms with Crippen LogP contribution in [-0.4, -0.2) is 40.8 Å². The summed E-state index contributed by atoms with van der Waals surface area (Å²) >= 11 is 0. The molecule has 0 saturated carbocycles. The summed E-state index contributed by atoms with van der Waals surface area (Å²) < 4.78 is 0.